The predicted molar refractivity (Wildman–Crippen MR) is 62.4 cm³/mol. The fraction of sp³-hybridized carbons (Fsp3) is 0.500. The summed E-state index contributed by atoms with van der Waals surface area (Å²) >= 11 is 6.16. The van der Waals surface area contributed by atoms with Gasteiger partial charge in [-0.2, -0.15) is 0 Å². The largest absolute Gasteiger partial charge is 0.497 e. The van der Waals surface area contributed by atoms with Gasteiger partial charge < -0.3 is 10.5 Å². The summed E-state index contributed by atoms with van der Waals surface area (Å²) in [4.78, 5) is 0. The van der Waals surface area contributed by atoms with Gasteiger partial charge in [0.25, 0.3) is 0 Å². The molecule has 0 unspecified atom stereocenters. The summed E-state index contributed by atoms with van der Waals surface area (Å²) in [5.41, 5.74) is 6.96. The van der Waals surface area contributed by atoms with E-state index < -0.39 is 0 Å². The highest BCUT2D eigenvalue weighted by atomic mass is 35.5. The minimum atomic E-state index is 0.409. The molecule has 82 valence electrons. The molecule has 1 aromatic carbocycles. The second kappa shape index (κ2) is 4.42. The maximum atomic E-state index is 6.16. The quantitative estimate of drug-likeness (QED) is 0.859. The fourth-order valence-electron chi connectivity index (χ4n) is 2.09. The van der Waals surface area contributed by atoms with E-state index in [2.05, 4.69) is 0 Å². The van der Waals surface area contributed by atoms with Crippen LogP contribution in [0.1, 0.15) is 18.4 Å². The number of ether oxygens (including phenoxy) is 1. The van der Waals surface area contributed by atoms with Crippen molar-refractivity contribution in [2.75, 3.05) is 7.11 Å². The molecule has 1 fully saturated rings. The molecule has 0 spiro atoms. The monoisotopic (exact) mass is 225 g/mol. The third-order valence-corrected chi connectivity index (χ3v) is 3.39. The van der Waals surface area contributed by atoms with Crippen LogP contribution in [0.5, 0.6) is 5.75 Å². The average molecular weight is 226 g/mol. The van der Waals surface area contributed by atoms with Crippen LogP contribution >= 0.6 is 11.6 Å². The van der Waals surface area contributed by atoms with E-state index in [1.807, 2.05) is 18.2 Å². The molecule has 2 N–H and O–H groups in total. The second-order valence-corrected chi connectivity index (χ2v) is 4.67. The summed E-state index contributed by atoms with van der Waals surface area (Å²) in [5.74, 6) is 1.53. The summed E-state index contributed by atoms with van der Waals surface area (Å²) in [6.45, 7) is 0. The third-order valence-electron chi connectivity index (χ3n) is 3.04. The van der Waals surface area contributed by atoms with Gasteiger partial charge in [0.1, 0.15) is 5.75 Å². The molecule has 0 heterocycles. The summed E-state index contributed by atoms with van der Waals surface area (Å²) in [6.07, 6.45) is 3.29. The highest BCUT2D eigenvalue weighted by Gasteiger charge is 2.26. The summed E-state index contributed by atoms with van der Waals surface area (Å²) < 4.78 is 5.11. The Morgan fingerprint density at radius 1 is 1.47 bits per heavy atom. The van der Waals surface area contributed by atoms with Crippen molar-refractivity contribution < 1.29 is 4.74 Å². The number of halogens is 1. The van der Waals surface area contributed by atoms with Crippen LogP contribution in [0.4, 0.5) is 0 Å². The number of hydrogen-bond donors (Lipinski definition) is 1. The lowest BCUT2D eigenvalue weighted by Gasteiger charge is -2.32. The average Bonchev–Trinajstić information content (AvgIpc) is 2.18. The summed E-state index contributed by atoms with van der Waals surface area (Å²) in [5, 5.41) is 0.801. The molecule has 0 aromatic heterocycles. The third kappa shape index (κ3) is 2.44. The van der Waals surface area contributed by atoms with Gasteiger partial charge in [-0.3, -0.25) is 0 Å². The predicted octanol–water partition coefficient (Wildman–Crippen LogP) is 2.63. The van der Waals surface area contributed by atoms with E-state index in [9.17, 15) is 0 Å². The molecule has 0 bridgehead atoms. The number of benzene rings is 1. The van der Waals surface area contributed by atoms with E-state index >= 15 is 0 Å². The molecule has 1 aliphatic carbocycles. The highest BCUT2D eigenvalue weighted by molar-refractivity contribution is 6.31. The van der Waals surface area contributed by atoms with Crippen molar-refractivity contribution in [2.45, 2.75) is 25.3 Å². The summed E-state index contributed by atoms with van der Waals surface area (Å²) in [7, 11) is 1.65. The molecular weight excluding hydrogens is 210 g/mol. The standard InChI is InChI=1S/C12H16ClNO/c1-15-11-3-2-9(12(13)7-11)4-8-5-10(14)6-8/h2-3,7-8,10H,4-6,14H2,1H3. The zero-order valence-corrected chi connectivity index (χ0v) is 9.63. The van der Waals surface area contributed by atoms with Gasteiger partial charge in [-0.1, -0.05) is 17.7 Å². The van der Waals surface area contributed by atoms with E-state index in [0.717, 1.165) is 30.0 Å². The van der Waals surface area contributed by atoms with Crippen LogP contribution in [0.25, 0.3) is 0 Å². The highest BCUT2D eigenvalue weighted by Crippen LogP contribution is 2.32. The molecule has 1 aliphatic rings. The van der Waals surface area contributed by atoms with Crippen molar-refractivity contribution in [3.8, 4) is 5.75 Å². The molecule has 0 radical (unpaired) electrons. The van der Waals surface area contributed by atoms with E-state index in [1.54, 1.807) is 7.11 Å². The van der Waals surface area contributed by atoms with Crippen LogP contribution < -0.4 is 10.5 Å². The van der Waals surface area contributed by atoms with Gasteiger partial charge in [0.2, 0.25) is 0 Å². The zero-order valence-electron chi connectivity index (χ0n) is 8.87. The first-order chi connectivity index (χ1) is 7.19. The lowest BCUT2D eigenvalue weighted by Crippen LogP contribution is -2.37. The molecule has 0 amide bonds. The normalized spacial score (nSPS) is 24.7. The minimum absolute atomic E-state index is 0.409. The summed E-state index contributed by atoms with van der Waals surface area (Å²) in [6, 6.07) is 6.28. The maximum absolute atomic E-state index is 6.16. The van der Waals surface area contributed by atoms with Gasteiger partial charge in [0, 0.05) is 11.1 Å². The van der Waals surface area contributed by atoms with Crippen molar-refractivity contribution in [1.82, 2.24) is 0 Å². The number of methoxy groups -OCH3 is 1. The molecular formula is C12H16ClNO. The first-order valence-electron chi connectivity index (χ1n) is 5.27. The van der Waals surface area contributed by atoms with Crippen LogP contribution in [0.15, 0.2) is 18.2 Å². The Balaban J connectivity index is 2.02. The fourth-order valence-corrected chi connectivity index (χ4v) is 2.33. The Bertz CT molecular complexity index is 347. The van der Waals surface area contributed by atoms with Crippen LogP contribution in [0.3, 0.4) is 0 Å². The molecule has 3 heteroatoms. The first kappa shape index (κ1) is 10.8. The molecule has 1 saturated carbocycles. The number of hydrogen-bond acceptors (Lipinski definition) is 2. The van der Waals surface area contributed by atoms with Crippen LogP contribution in [-0.2, 0) is 6.42 Å². The minimum Gasteiger partial charge on any atom is -0.497 e. The van der Waals surface area contributed by atoms with Crippen molar-refractivity contribution in [1.29, 1.82) is 0 Å². The van der Waals surface area contributed by atoms with E-state index in [1.165, 1.54) is 5.56 Å². The Morgan fingerprint density at radius 2 is 2.20 bits per heavy atom. The van der Waals surface area contributed by atoms with E-state index in [-0.39, 0.29) is 0 Å². The molecule has 2 rings (SSSR count). The number of nitrogens with two attached hydrogens (primary N) is 1. The Labute approximate surface area is 95.4 Å². The van der Waals surface area contributed by atoms with Crippen molar-refractivity contribution >= 4 is 11.6 Å². The van der Waals surface area contributed by atoms with Gasteiger partial charge >= 0.3 is 0 Å². The zero-order chi connectivity index (χ0) is 10.8. The maximum Gasteiger partial charge on any atom is 0.120 e. The van der Waals surface area contributed by atoms with Crippen LogP contribution in [0.2, 0.25) is 5.02 Å². The van der Waals surface area contributed by atoms with Gasteiger partial charge in [-0.05, 0) is 42.9 Å². The van der Waals surface area contributed by atoms with Gasteiger partial charge in [0.05, 0.1) is 7.11 Å². The van der Waals surface area contributed by atoms with Crippen molar-refractivity contribution in [3.63, 3.8) is 0 Å². The molecule has 0 aliphatic heterocycles. The van der Waals surface area contributed by atoms with Crippen molar-refractivity contribution in [3.05, 3.63) is 28.8 Å². The Hall–Kier alpha value is -0.730. The molecule has 2 nitrogen and oxygen atoms in total. The van der Waals surface area contributed by atoms with Crippen LogP contribution in [-0.4, -0.2) is 13.2 Å². The smallest absolute Gasteiger partial charge is 0.120 e. The lowest BCUT2D eigenvalue weighted by atomic mass is 9.77. The van der Waals surface area contributed by atoms with E-state index in [4.69, 9.17) is 22.1 Å². The topological polar surface area (TPSA) is 35.2 Å². The Morgan fingerprint density at radius 3 is 2.73 bits per heavy atom. The van der Waals surface area contributed by atoms with Crippen LogP contribution in [0, 0.1) is 5.92 Å². The lowest BCUT2D eigenvalue weighted by molar-refractivity contribution is 0.264. The second-order valence-electron chi connectivity index (χ2n) is 4.26. The molecule has 1 aromatic rings. The first-order valence-corrected chi connectivity index (χ1v) is 5.65. The molecule has 0 saturated heterocycles. The SMILES string of the molecule is COc1ccc(CC2CC(N)C2)c(Cl)c1. The van der Waals surface area contributed by atoms with Gasteiger partial charge in [-0.15, -0.1) is 0 Å². The molecule has 0 atom stereocenters. The van der Waals surface area contributed by atoms with Gasteiger partial charge in [-0.25, -0.2) is 0 Å². The Kier molecular flexibility index (Phi) is 3.17. The number of rotatable bonds is 3. The molecule has 15 heavy (non-hydrogen) atoms. The van der Waals surface area contributed by atoms with E-state index in [0.29, 0.717) is 12.0 Å². The van der Waals surface area contributed by atoms with Gasteiger partial charge in [0.15, 0.2) is 0 Å². The van der Waals surface area contributed by atoms with Crippen molar-refractivity contribution in [2.24, 2.45) is 11.7 Å².